The maximum Gasteiger partial charge on any atom is 0.326 e. The van der Waals surface area contributed by atoms with E-state index in [1.807, 2.05) is 0 Å². The summed E-state index contributed by atoms with van der Waals surface area (Å²) in [6.45, 7) is -0.697. The van der Waals surface area contributed by atoms with E-state index in [0.717, 1.165) is 37.4 Å². The highest BCUT2D eigenvalue weighted by Gasteiger charge is 2.28. The molecule has 2 rings (SSSR count). The van der Waals surface area contributed by atoms with Crippen LogP contribution in [-0.4, -0.2) is 33.0 Å². The van der Waals surface area contributed by atoms with E-state index in [0.29, 0.717) is 4.31 Å². The predicted octanol–water partition coefficient (Wildman–Crippen LogP) is 2.10. The summed E-state index contributed by atoms with van der Waals surface area (Å²) < 4.78 is 43.8. The second-order valence-corrected chi connectivity index (χ2v) is 6.68. The van der Waals surface area contributed by atoms with Crippen LogP contribution >= 0.6 is 0 Å². The molecule has 0 saturated carbocycles. The van der Waals surface area contributed by atoms with Gasteiger partial charge in [-0.15, -0.1) is 0 Å². The lowest BCUT2D eigenvalue weighted by atomic mass is 10.3. The first-order valence-electron chi connectivity index (χ1n) is 6.85. The number of carbonyl (C=O) groups excluding carboxylic acids is 1. The normalized spacial score (nSPS) is 11.0. The molecule has 0 aliphatic carbocycles. The maximum absolute atomic E-state index is 13.0. The summed E-state index contributed by atoms with van der Waals surface area (Å²) in [5.74, 6) is -1.49. The second kappa shape index (κ2) is 7.26. The molecule has 10 heteroatoms. The number of carbonyl (C=O) groups is 1. The van der Waals surface area contributed by atoms with E-state index in [-0.39, 0.29) is 16.3 Å². The van der Waals surface area contributed by atoms with Gasteiger partial charge in [0.05, 0.1) is 22.6 Å². The molecule has 132 valence electrons. The molecule has 8 nitrogen and oxygen atoms in total. The van der Waals surface area contributed by atoms with Crippen molar-refractivity contribution in [1.82, 2.24) is 0 Å². The van der Waals surface area contributed by atoms with Gasteiger partial charge < -0.3 is 4.74 Å². The Kier molecular flexibility index (Phi) is 5.32. The van der Waals surface area contributed by atoms with Gasteiger partial charge in [0, 0.05) is 12.1 Å². The zero-order valence-corrected chi connectivity index (χ0v) is 13.8. The number of hydrogen-bond donors (Lipinski definition) is 0. The number of esters is 1. The number of anilines is 1. The Morgan fingerprint density at radius 3 is 2.44 bits per heavy atom. The minimum Gasteiger partial charge on any atom is -0.468 e. The molecule has 0 saturated heterocycles. The lowest BCUT2D eigenvalue weighted by Crippen LogP contribution is -2.36. The summed E-state index contributed by atoms with van der Waals surface area (Å²) in [7, 11) is -3.19. The quantitative estimate of drug-likeness (QED) is 0.439. The third kappa shape index (κ3) is 4.10. The minimum absolute atomic E-state index is 0.0936. The lowest BCUT2D eigenvalue weighted by molar-refractivity contribution is -0.384. The predicted molar refractivity (Wildman–Crippen MR) is 86.0 cm³/mol. The topological polar surface area (TPSA) is 107 Å². The minimum atomic E-state index is -4.28. The van der Waals surface area contributed by atoms with Gasteiger partial charge in [-0.05, 0) is 30.3 Å². The van der Waals surface area contributed by atoms with E-state index in [4.69, 9.17) is 0 Å². The van der Waals surface area contributed by atoms with Crippen molar-refractivity contribution >= 4 is 27.4 Å². The Balaban J connectivity index is 2.56. The first-order valence-corrected chi connectivity index (χ1v) is 8.29. The largest absolute Gasteiger partial charge is 0.468 e. The fourth-order valence-corrected chi connectivity index (χ4v) is 3.39. The van der Waals surface area contributed by atoms with E-state index >= 15 is 0 Å². The molecule has 2 aromatic rings. The Labute approximate surface area is 142 Å². The van der Waals surface area contributed by atoms with E-state index in [2.05, 4.69) is 4.74 Å². The SMILES string of the molecule is COC(=O)CN(c1cccc([N+](=O)[O-])c1)S(=O)(=O)c1ccc(F)cc1. The number of methoxy groups -OCH3 is 1. The fourth-order valence-electron chi connectivity index (χ4n) is 1.99. The summed E-state index contributed by atoms with van der Waals surface area (Å²) in [5, 5.41) is 10.9. The molecule has 2 aromatic carbocycles. The zero-order chi connectivity index (χ0) is 18.6. The maximum atomic E-state index is 13.0. The van der Waals surface area contributed by atoms with Crippen molar-refractivity contribution in [3.63, 3.8) is 0 Å². The van der Waals surface area contributed by atoms with Gasteiger partial charge >= 0.3 is 5.97 Å². The van der Waals surface area contributed by atoms with Crippen LogP contribution in [0.25, 0.3) is 0 Å². The zero-order valence-electron chi connectivity index (χ0n) is 13.0. The average Bonchev–Trinajstić information content (AvgIpc) is 2.59. The molecule has 0 spiro atoms. The lowest BCUT2D eigenvalue weighted by Gasteiger charge is -2.23. The summed E-state index contributed by atoms with van der Waals surface area (Å²) in [6, 6.07) is 8.77. The van der Waals surface area contributed by atoms with Crippen molar-refractivity contribution < 1.29 is 27.3 Å². The number of rotatable bonds is 6. The number of benzene rings is 2. The monoisotopic (exact) mass is 368 g/mol. The van der Waals surface area contributed by atoms with Crippen molar-refractivity contribution in [2.45, 2.75) is 4.90 Å². The molecule has 0 aliphatic heterocycles. The van der Waals surface area contributed by atoms with Crippen molar-refractivity contribution in [2.75, 3.05) is 18.0 Å². The van der Waals surface area contributed by atoms with Crippen LogP contribution in [0.5, 0.6) is 0 Å². The van der Waals surface area contributed by atoms with Crippen LogP contribution in [-0.2, 0) is 19.6 Å². The highest BCUT2D eigenvalue weighted by atomic mass is 32.2. The summed E-state index contributed by atoms with van der Waals surface area (Å²) in [5.41, 5.74) is -0.439. The standard InChI is InChI=1S/C15H13FN2O6S/c1-24-15(19)10-17(12-3-2-4-13(9-12)18(20)21)25(22,23)14-7-5-11(16)6-8-14/h2-9H,10H2,1H3. The third-order valence-electron chi connectivity index (χ3n) is 3.23. The second-order valence-electron chi connectivity index (χ2n) is 4.82. The van der Waals surface area contributed by atoms with Gasteiger partial charge in [0.15, 0.2) is 0 Å². The Morgan fingerprint density at radius 2 is 1.88 bits per heavy atom. The fraction of sp³-hybridized carbons (Fsp3) is 0.133. The highest BCUT2D eigenvalue weighted by Crippen LogP contribution is 2.27. The number of nitro groups is 1. The molecule has 0 fully saturated rings. The van der Waals surface area contributed by atoms with Crippen LogP contribution in [0.3, 0.4) is 0 Å². The molecule has 0 N–H and O–H groups in total. The average molecular weight is 368 g/mol. The van der Waals surface area contributed by atoms with Crippen LogP contribution < -0.4 is 4.31 Å². The molecule has 0 bridgehead atoms. The van der Waals surface area contributed by atoms with Crippen molar-refractivity contribution in [1.29, 1.82) is 0 Å². The molecule has 25 heavy (non-hydrogen) atoms. The molecule has 0 amide bonds. The number of sulfonamides is 1. The molecule has 0 unspecified atom stereocenters. The summed E-state index contributed by atoms with van der Waals surface area (Å²) in [4.78, 5) is 21.6. The summed E-state index contributed by atoms with van der Waals surface area (Å²) >= 11 is 0. The number of ether oxygens (including phenoxy) is 1. The van der Waals surface area contributed by atoms with Gasteiger partial charge in [-0.2, -0.15) is 0 Å². The van der Waals surface area contributed by atoms with Gasteiger partial charge in [-0.3, -0.25) is 19.2 Å². The molecule has 0 atom stereocenters. The van der Waals surface area contributed by atoms with Gasteiger partial charge in [-0.25, -0.2) is 12.8 Å². The van der Waals surface area contributed by atoms with E-state index < -0.39 is 33.3 Å². The van der Waals surface area contributed by atoms with Gasteiger partial charge in [0.1, 0.15) is 12.4 Å². The van der Waals surface area contributed by atoms with Crippen LogP contribution in [0.15, 0.2) is 53.4 Å². The third-order valence-corrected chi connectivity index (χ3v) is 5.02. The number of nitrogens with zero attached hydrogens (tertiary/aromatic N) is 2. The van der Waals surface area contributed by atoms with Crippen LogP contribution in [0.4, 0.5) is 15.8 Å². The first-order chi connectivity index (χ1) is 11.8. The first kappa shape index (κ1) is 18.3. The molecule has 0 radical (unpaired) electrons. The van der Waals surface area contributed by atoms with Gasteiger partial charge in [0.25, 0.3) is 15.7 Å². The molecular weight excluding hydrogens is 355 g/mol. The summed E-state index contributed by atoms with van der Waals surface area (Å²) in [6.07, 6.45) is 0. The van der Waals surface area contributed by atoms with Crippen LogP contribution in [0.1, 0.15) is 0 Å². The number of non-ortho nitro benzene ring substituents is 1. The van der Waals surface area contributed by atoms with Gasteiger partial charge in [-0.1, -0.05) is 6.07 Å². The number of hydrogen-bond acceptors (Lipinski definition) is 6. The Hall–Kier alpha value is -3.01. The number of nitro benzene ring substituents is 1. The van der Waals surface area contributed by atoms with E-state index in [9.17, 15) is 27.7 Å². The van der Waals surface area contributed by atoms with Crippen molar-refractivity contribution in [2.24, 2.45) is 0 Å². The highest BCUT2D eigenvalue weighted by molar-refractivity contribution is 7.92. The van der Waals surface area contributed by atoms with E-state index in [1.54, 1.807) is 0 Å². The molecule has 0 heterocycles. The molecule has 0 aromatic heterocycles. The van der Waals surface area contributed by atoms with Crippen molar-refractivity contribution in [3.8, 4) is 0 Å². The van der Waals surface area contributed by atoms with Gasteiger partial charge in [0.2, 0.25) is 0 Å². The Bertz CT molecular complexity index is 898. The van der Waals surface area contributed by atoms with Crippen molar-refractivity contribution in [3.05, 3.63) is 64.5 Å². The van der Waals surface area contributed by atoms with Crippen LogP contribution in [0, 0.1) is 15.9 Å². The smallest absolute Gasteiger partial charge is 0.326 e. The number of halogens is 1. The van der Waals surface area contributed by atoms with Crippen LogP contribution in [0.2, 0.25) is 0 Å². The Morgan fingerprint density at radius 1 is 1.24 bits per heavy atom. The molecule has 0 aliphatic rings. The van der Waals surface area contributed by atoms with E-state index in [1.165, 1.54) is 18.2 Å². The molecular formula is C15H13FN2O6S.